The van der Waals surface area contributed by atoms with Crippen molar-refractivity contribution in [1.82, 2.24) is 19.5 Å². The molecular weight excluding hydrogens is 410 g/mol. The summed E-state index contributed by atoms with van der Waals surface area (Å²) in [6, 6.07) is 5.35. The monoisotopic (exact) mass is 423 g/mol. The van der Waals surface area contributed by atoms with Gasteiger partial charge < -0.3 is 14.8 Å². The first kappa shape index (κ1) is 16.6. The maximum absolute atomic E-state index is 6.02. The van der Waals surface area contributed by atoms with Crippen LogP contribution >= 0.6 is 27.5 Å². The second-order valence-electron chi connectivity index (χ2n) is 5.60. The maximum Gasteiger partial charge on any atom is 0.200 e. The molecule has 0 radical (unpaired) electrons. The predicted octanol–water partition coefficient (Wildman–Crippen LogP) is 4.30. The third kappa shape index (κ3) is 3.17. The number of nitrogens with zero attached hydrogens (tertiary/aromatic N) is 4. The number of anilines is 2. The average Bonchev–Trinajstić information content (AvgIpc) is 3.25. The second-order valence-corrected chi connectivity index (χ2v) is 6.75. The number of benzene rings is 1. The van der Waals surface area contributed by atoms with E-state index < -0.39 is 0 Å². The van der Waals surface area contributed by atoms with Gasteiger partial charge in [-0.25, -0.2) is 15.0 Å². The van der Waals surface area contributed by atoms with Crippen LogP contribution in [0.4, 0.5) is 11.5 Å². The van der Waals surface area contributed by atoms with Crippen LogP contribution in [0.25, 0.3) is 11.2 Å². The number of hydrogen-bond donors (Lipinski definition) is 1. The number of imidazole rings is 1. The molecule has 1 unspecified atom stereocenters. The largest absolute Gasteiger partial charge is 0.495 e. The zero-order valence-electron chi connectivity index (χ0n) is 13.4. The fraction of sp³-hybridized carbons (Fsp3) is 0.312. The van der Waals surface area contributed by atoms with E-state index in [1.54, 1.807) is 25.6 Å². The summed E-state index contributed by atoms with van der Waals surface area (Å²) in [7, 11) is 1.59. The molecule has 0 saturated carbocycles. The molecule has 0 amide bonds. The molecule has 25 heavy (non-hydrogen) atoms. The number of nitrogens with one attached hydrogen (secondary N) is 1. The summed E-state index contributed by atoms with van der Waals surface area (Å²) in [6.45, 7) is 0.754. The molecule has 1 aliphatic heterocycles. The molecule has 3 aromatic rings. The van der Waals surface area contributed by atoms with E-state index in [9.17, 15) is 0 Å². The molecule has 1 aliphatic rings. The molecule has 1 aromatic carbocycles. The summed E-state index contributed by atoms with van der Waals surface area (Å²) >= 11 is 9.40. The topological polar surface area (TPSA) is 74.1 Å². The smallest absolute Gasteiger partial charge is 0.200 e. The SMILES string of the molecule is COc1cc(Cl)ccc1Nc1nc(Br)nc2c1ncn2C1CCCO1. The fourth-order valence-electron chi connectivity index (χ4n) is 2.86. The molecule has 0 aliphatic carbocycles. The minimum atomic E-state index is -0.0373. The van der Waals surface area contributed by atoms with Crippen LogP contribution in [0.3, 0.4) is 0 Å². The molecule has 0 spiro atoms. The Hall–Kier alpha value is -1.90. The number of methoxy groups -OCH3 is 1. The highest BCUT2D eigenvalue weighted by Gasteiger charge is 2.22. The van der Waals surface area contributed by atoms with Gasteiger partial charge in [-0.15, -0.1) is 0 Å². The van der Waals surface area contributed by atoms with Gasteiger partial charge in [0.15, 0.2) is 17.0 Å². The van der Waals surface area contributed by atoms with Crippen LogP contribution in [0, 0.1) is 0 Å². The average molecular weight is 425 g/mol. The lowest BCUT2D eigenvalue weighted by atomic mass is 10.3. The molecule has 4 rings (SSSR count). The summed E-state index contributed by atoms with van der Waals surface area (Å²) in [5.74, 6) is 1.20. The molecule has 7 nitrogen and oxygen atoms in total. The van der Waals surface area contributed by atoms with E-state index in [0.717, 1.165) is 25.1 Å². The molecule has 1 N–H and O–H groups in total. The summed E-state index contributed by atoms with van der Waals surface area (Å²) < 4.78 is 13.5. The lowest BCUT2D eigenvalue weighted by Crippen LogP contribution is -2.07. The summed E-state index contributed by atoms with van der Waals surface area (Å²) in [4.78, 5) is 13.4. The van der Waals surface area contributed by atoms with Gasteiger partial charge in [0.2, 0.25) is 4.73 Å². The van der Waals surface area contributed by atoms with Crippen molar-refractivity contribution in [2.45, 2.75) is 19.1 Å². The zero-order valence-corrected chi connectivity index (χ0v) is 15.7. The van der Waals surface area contributed by atoms with Crippen LogP contribution in [0.5, 0.6) is 5.75 Å². The quantitative estimate of drug-likeness (QED) is 0.629. The Morgan fingerprint density at radius 3 is 3.04 bits per heavy atom. The molecule has 3 heterocycles. The van der Waals surface area contributed by atoms with E-state index >= 15 is 0 Å². The molecule has 1 atom stereocenters. The van der Waals surface area contributed by atoms with Crippen LogP contribution in [0.15, 0.2) is 29.3 Å². The van der Waals surface area contributed by atoms with Crippen LogP contribution in [0.2, 0.25) is 5.02 Å². The highest BCUT2D eigenvalue weighted by atomic mass is 79.9. The molecule has 1 saturated heterocycles. The zero-order chi connectivity index (χ0) is 17.4. The minimum Gasteiger partial charge on any atom is -0.495 e. The van der Waals surface area contributed by atoms with Gasteiger partial charge in [0.05, 0.1) is 19.1 Å². The Bertz CT molecular complexity index is 926. The minimum absolute atomic E-state index is 0.0373. The van der Waals surface area contributed by atoms with Gasteiger partial charge in [-0.2, -0.15) is 0 Å². The van der Waals surface area contributed by atoms with Crippen molar-refractivity contribution in [1.29, 1.82) is 0 Å². The van der Waals surface area contributed by atoms with Crippen molar-refractivity contribution in [2.75, 3.05) is 19.0 Å². The van der Waals surface area contributed by atoms with Crippen LogP contribution in [-0.2, 0) is 4.74 Å². The molecule has 1 fully saturated rings. The Labute approximate surface area is 157 Å². The highest BCUT2D eigenvalue weighted by Crippen LogP contribution is 2.33. The van der Waals surface area contributed by atoms with Crippen molar-refractivity contribution in [3.05, 3.63) is 34.3 Å². The van der Waals surface area contributed by atoms with Crippen LogP contribution in [0.1, 0.15) is 19.1 Å². The first-order valence-corrected chi connectivity index (χ1v) is 8.95. The van der Waals surface area contributed by atoms with Gasteiger partial charge in [0.1, 0.15) is 12.0 Å². The summed E-state index contributed by atoms with van der Waals surface area (Å²) in [5.41, 5.74) is 2.12. The first-order valence-electron chi connectivity index (χ1n) is 7.78. The molecule has 9 heteroatoms. The van der Waals surface area contributed by atoms with Crippen molar-refractivity contribution in [3.8, 4) is 5.75 Å². The molecular formula is C16H15BrClN5O2. The number of rotatable bonds is 4. The normalized spacial score (nSPS) is 17.2. The van der Waals surface area contributed by atoms with E-state index in [1.165, 1.54) is 0 Å². The second kappa shape index (κ2) is 6.78. The van der Waals surface area contributed by atoms with Gasteiger partial charge >= 0.3 is 0 Å². The van der Waals surface area contributed by atoms with E-state index in [-0.39, 0.29) is 6.23 Å². The number of aromatic nitrogens is 4. The first-order chi connectivity index (χ1) is 12.2. The Morgan fingerprint density at radius 2 is 2.28 bits per heavy atom. The van der Waals surface area contributed by atoms with Gasteiger partial charge in [-0.05, 0) is 40.9 Å². The number of ether oxygens (including phenoxy) is 2. The number of hydrogen-bond acceptors (Lipinski definition) is 6. The molecule has 130 valence electrons. The fourth-order valence-corrected chi connectivity index (χ4v) is 3.37. The Morgan fingerprint density at radius 1 is 1.40 bits per heavy atom. The molecule has 2 aromatic heterocycles. The van der Waals surface area contributed by atoms with E-state index in [1.807, 2.05) is 10.6 Å². The summed E-state index contributed by atoms with van der Waals surface area (Å²) in [5, 5.41) is 3.85. The van der Waals surface area contributed by atoms with Gasteiger partial charge in [-0.1, -0.05) is 11.6 Å². The number of halogens is 2. The maximum atomic E-state index is 6.02. The predicted molar refractivity (Wildman–Crippen MR) is 98.5 cm³/mol. The van der Waals surface area contributed by atoms with Gasteiger partial charge in [0, 0.05) is 17.7 Å². The van der Waals surface area contributed by atoms with Crippen LogP contribution < -0.4 is 10.1 Å². The highest BCUT2D eigenvalue weighted by molar-refractivity contribution is 9.10. The van der Waals surface area contributed by atoms with Crippen molar-refractivity contribution >= 4 is 50.2 Å². The Balaban J connectivity index is 1.77. The van der Waals surface area contributed by atoms with E-state index in [2.05, 4.69) is 36.2 Å². The van der Waals surface area contributed by atoms with Crippen molar-refractivity contribution in [2.24, 2.45) is 0 Å². The lowest BCUT2D eigenvalue weighted by molar-refractivity contribution is 0.0592. The van der Waals surface area contributed by atoms with Crippen LogP contribution in [-0.4, -0.2) is 33.2 Å². The third-order valence-electron chi connectivity index (χ3n) is 4.03. The van der Waals surface area contributed by atoms with Crippen molar-refractivity contribution < 1.29 is 9.47 Å². The van der Waals surface area contributed by atoms with Gasteiger partial charge in [-0.3, -0.25) is 4.57 Å². The van der Waals surface area contributed by atoms with Gasteiger partial charge in [0.25, 0.3) is 0 Å². The summed E-state index contributed by atoms with van der Waals surface area (Å²) in [6.07, 6.45) is 3.68. The van der Waals surface area contributed by atoms with E-state index in [4.69, 9.17) is 21.1 Å². The molecule has 0 bridgehead atoms. The third-order valence-corrected chi connectivity index (χ3v) is 4.62. The number of fused-ring (bicyclic) bond motifs is 1. The Kier molecular flexibility index (Phi) is 4.49. The standard InChI is InChI=1S/C16H15BrClN5O2/c1-24-11-7-9(18)4-5-10(11)20-14-13-15(22-16(17)21-14)23(8-19-13)12-3-2-6-25-12/h4-5,7-8,12H,2-3,6H2,1H3,(H,20,21,22). The van der Waals surface area contributed by atoms with Crippen molar-refractivity contribution in [3.63, 3.8) is 0 Å². The van der Waals surface area contributed by atoms with E-state index in [0.29, 0.717) is 32.5 Å². The lowest BCUT2D eigenvalue weighted by Gasteiger charge is -2.13.